The summed E-state index contributed by atoms with van der Waals surface area (Å²) >= 11 is 0. The molecule has 0 spiro atoms. The molecule has 1 saturated carbocycles. The first-order valence-corrected chi connectivity index (χ1v) is 3.45. The van der Waals surface area contributed by atoms with Gasteiger partial charge in [0.2, 0.25) is 0 Å². The van der Waals surface area contributed by atoms with Gasteiger partial charge in [0.15, 0.2) is 0 Å². The second-order valence-corrected chi connectivity index (χ2v) is 2.67. The fourth-order valence-electron chi connectivity index (χ4n) is 1.04. The normalized spacial score (nSPS) is 16.7. The lowest BCUT2D eigenvalue weighted by Crippen LogP contribution is -2.22. The zero-order chi connectivity index (χ0) is 7.84. The number of carboxylic acids is 1. The number of nitrogens with zero attached hydrogens (tertiary/aromatic N) is 1. The van der Waals surface area contributed by atoms with E-state index in [1.165, 1.54) is 6.20 Å². The molecule has 0 aromatic carbocycles. The van der Waals surface area contributed by atoms with Gasteiger partial charge in [-0.3, -0.25) is 0 Å². The highest BCUT2D eigenvalue weighted by Gasteiger charge is 2.30. The van der Waals surface area contributed by atoms with Gasteiger partial charge in [-0.25, -0.2) is 0 Å². The summed E-state index contributed by atoms with van der Waals surface area (Å²) in [5, 5.41) is 13.8. The molecule has 1 fully saturated rings. The number of carboxylic acid groups (broad SMARTS) is 1. The van der Waals surface area contributed by atoms with Crippen LogP contribution in [0.25, 0.3) is 0 Å². The Bertz CT molecular complexity index is 288. The largest absolute Gasteiger partial charge is 0.545 e. The summed E-state index contributed by atoms with van der Waals surface area (Å²) in [6.07, 6.45) is 3.19. The molecule has 0 unspecified atom stereocenters. The maximum atomic E-state index is 10.4. The van der Waals surface area contributed by atoms with Crippen molar-refractivity contribution in [2.24, 2.45) is 0 Å². The zero-order valence-electron chi connectivity index (χ0n) is 5.74. The van der Waals surface area contributed by atoms with Crippen molar-refractivity contribution in [3.63, 3.8) is 0 Å². The Balaban J connectivity index is 2.37. The van der Waals surface area contributed by atoms with Crippen LogP contribution in [0.4, 0.5) is 0 Å². The number of rotatable bonds is 2. The maximum absolute atomic E-state index is 10.4. The lowest BCUT2D eigenvalue weighted by Gasteiger charge is -1.97. The van der Waals surface area contributed by atoms with Gasteiger partial charge in [0, 0.05) is 5.92 Å². The summed E-state index contributed by atoms with van der Waals surface area (Å²) in [5.41, 5.74) is 0.104. The van der Waals surface area contributed by atoms with Gasteiger partial charge < -0.3 is 14.4 Å². The van der Waals surface area contributed by atoms with Crippen LogP contribution in [-0.2, 0) is 0 Å². The smallest absolute Gasteiger partial charge is 0.148 e. The first-order chi connectivity index (χ1) is 5.29. The SMILES string of the molecule is O=C([O-])c1cnoc1C1CC1. The van der Waals surface area contributed by atoms with E-state index in [0.717, 1.165) is 12.8 Å². The summed E-state index contributed by atoms with van der Waals surface area (Å²) in [6.45, 7) is 0. The molecule has 4 nitrogen and oxygen atoms in total. The summed E-state index contributed by atoms with van der Waals surface area (Å²) in [7, 11) is 0. The molecule has 2 rings (SSSR count). The van der Waals surface area contributed by atoms with Crippen molar-refractivity contribution >= 4 is 5.97 Å². The van der Waals surface area contributed by atoms with Crippen molar-refractivity contribution < 1.29 is 14.4 Å². The molecule has 0 N–H and O–H groups in total. The third-order valence-corrected chi connectivity index (χ3v) is 1.77. The molecule has 1 aromatic heterocycles. The molecule has 0 amide bonds. The molecule has 1 aliphatic rings. The van der Waals surface area contributed by atoms with Gasteiger partial charge in [0.05, 0.1) is 17.7 Å². The van der Waals surface area contributed by atoms with E-state index in [1.54, 1.807) is 0 Å². The van der Waals surface area contributed by atoms with Crippen LogP contribution < -0.4 is 5.11 Å². The van der Waals surface area contributed by atoms with Gasteiger partial charge >= 0.3 is 0 Å². The fraction of sp³-hybridized carbons (Fsp3) is 0.429. The second kappa shape index (κ2) is 2.08. The average Bonchev–Trinajstić information content (AvgIpc) is 2.68. The molecule has 1 aromatic rings. The van der Waals surface area contributed by atoms with E-state index in [1.807, 2.05) is 0 Å². The molecular weight excluding hydrogens is 146 g/mol. The topological polar surface area (TPSA) is 66.2 Å². The van der Waals surface area contributed by atoms with E-state index >= 15 is 0 Å². The molecule has 1 heterocycles. The number of aromatic carboxylic acids is 1. The van der Waals surface area contributed by atoms with Crippen molar-refractivity contribution in [3.8, 4) is 0 Å². The lowest BCUT2D eigenvalue weighted by atomic mass is 10.2. The van der Waals surface area contributed by atoms with Gasteiger partial charge in [-0.1, -0.05) is 5.16 Å². The number of carbonyl (C=O) groups excluding carboxylic acids is 1. The van der Waals surface area contributed by atoms with Crippen LogP contribution in [0.1, 0.15) is 34.9 Å². The summed E-state index contributed by atoms with van der Waals surface area (Å²) < 4.78 is 4.78. The quantitative estimate of drug-likeness (QED) is 0.594. The predicted octanol–water partition coefficient (Wildman–Crippen LogP) is -0.0845. The first-order valence-electron chi connectivity index (χ1n) is 3.45. The van der Waals surface area contributed by atoms with Gasteiger partial charge in [-0.15, -0.1) is 0 Å². The van der Waals surface area contributed by atoms with Crippen LogP contribution in [0.5, 0.6) is 0 Å². The van der Waals surface area contributed by atoms with Crippen LogP contribution >= 0.6 is 0 Å². The second-order valence-electron chi connectivity index (χ2n) is 2.67. The molecule has 0 radical (unpaired) electrons. The van der Waals surface area contributed by atoms with Crippen molar-refractivity contribution in [2.45, 2.75) is 18.8 Å². The molecule has 58 valence electrons. The van der Waals surface area contributed by atoms with E-state index in [2.05, 4.69) is 5.16 Å². The van der Waals surface area contributed by atoms with E-state index in [-0.39, 0.29) is 11.5 Å². The number of carbonyl (C=O) groups is 1. The summed E-state index contributed by atoms with van der Waals surface area (Å²) in [5.74, 6) is -0.455. The van der Waals surface area contributed by atoms with E-state index in [9.17, 15) is 9.90 Å². The minimum Gasteiger partial charge on any atom is -0.545 e. The number of hydrogen-bond donors (Lipinski definition) is 0. The van der Waals surface area contributed by atoms with Crippen molar-refractivity contribution in [1.29, 1.82) is 0 Å². The maximum Gasteiger partial charge on any atom is 0.148 e. The monoisotopic (exact) mass is 152 g/mol. The minimum atomic E-state index is -1.20. The van der Waals surface area contributed by atoms with Gasteiger partial charge in [-0.2, -0.15) is 0 Å². The Kier molecular flexibility index (Phi) is 1.21. The third kappa shape index (κ3) is 1.00. The van der Waals surface area contributed by atoms with E-state index < -0.39 is 5.97 Å². The van der Waals surface area contributed by atoms with E-state index in [4.69, 9.17) is 4.52 Å². The van der Waals surface area contributed by atoms with Crippen molar-refractivity contribution in [2.75, 3.05) is 0 Å². The van der Waals surface area contributed by atoms with Crippen LogP contribution in [0, 0.1) is 0 Å². The van der Waals surface area contributed by atoms with Gasteiger partial charge in [0.1, 0.15) is 5.76 Å². The Morgan fingerprint density at radius 2 is 2.45 bits per heavy atom. The van der Waals surface area contributed by atoms with Crippen LogP contribution in [0.3, 0.4) is 0 Å². The lowest BCUT2D eigenvalue weighted by molar-refractivity contribution is -0.255. The minimum absolute atomic E-state index is 0.104. The Morgan fingerprint density at radius 3 is 3.00 bits per heavy atom. The molecular formula is C7H6NO3-. The first kappa shape index (κ1) is 6.39. The molecule has 11 heavy (non-hydrogen) atoms. The summed E-state index contributed by atoms with van der Waals surface area (Å²) in [6, 6.07) is 0. The summed E-state index contributed by atoms with van der Waals surface area (Å²) in [4.78, 5) is 10.4. The van der Waals surface area contributed by atoms with E-state index in [0.29, 0.717) is 5.76 Å². The average molecular weight is 152 g/mol. The van der Waals surface area contributed by atoms with Gasteiger partial charge in [-0.05, 0) is 12.8 Å². The van der Waals surface area contributed by atoms with Crippen LogP contribution in [0.2, 0.25) is 0 Å². The fourth-order valence-corrected chi connectivity index (χ4v) is 1.04. The standard InChI is InChI=1S/C7H7NO3/c9-7(10)5-3-8-11-6(5)4-1-2-4/h3-4H,1-2H2,(H,9,10)/p-1. The highest BCUT2D eigenvalue weighted by molar-refractivity contribution is 5.86. The Morgan fingerprint density at radius 1 is 1.73 bits per heavy atom. The molecule has 0 saturated heterocycles. The van der Waals surface area contributed by atoms with Crippen molar-refractivity contribution in [1.82, 2.24) is 5.16 Å². The van der Waals surface area contributed by atoms with Crippen molar-refractivity contribution in [3.05, 3.63) is 17.5 Å². The molecule has 1 aliphatic carbocycles. The zero-order valence-corrected chi connectivity index (χ0v) is 5.74. The number of hydrogen-bond acceptors (Lipinski definition) is 4. The highest BCUT2D eigenvalue weighted by Crippen LogP contribution is 2.41. The Hall–Kier alpha value is -1.32. The highest BCUT2D eigenvalue weighted by atomic mass is 16.5. The predicted molar refractivity (Wildman–Crippen MR) is 32.8 cm³/mol. The Labute approximate surface area is 62.8 Å². The molecule has 0 atom stereocenters. The third-order valence-electron chi connectivity index (χ3n) is 1.77. The van der Waals surface area contributed by atoms with Crippen LogP contribution in [-0.4, -0.2) is 11.1 Å². The number of aromatic nitrogens is 1. The molecule has 4 heteroatoms. The molecule has 0 aliphatic heterocycles. The molecule has 0 bridgehead atoms. The van der Waals surface area contributed by atoms with Gasteiger partial charge in [0.25, 0.3) is 0 Å². The van der Waals surface area contributed by atoms with Crippen LogP contribution in [0.15, 0.2) is 10.7 Å².